The number of phenols is 1. The highest BCUT2D eigenvalue weighted by molar-refractivity contribution is 7.09. The molecule has 41 heavy (non-hydrogen) atoms. The molecule has 4 rings (SSSR count). The van der Waals surface area contributed by atoms with E-state index >= 15 is 0 Å². The second-order valence-corrected chi connectivity index (χ2v) is 11.7. The quantitative estimate of drug-likeness (QED) is 0.143. The summed E-state index contributed by atoms with van der Waals surface area (Å²) in [7, 11) is 0. The number of aromatic hydroxyl groups is 1. The van der Waals surface area contributed by atoms with Crippen molar-refractivity contribution in [1.29, 1.82) is 0 Å². The van der Waals surface area contributed by atoms with Crippen molar-refractivity contribution in [3.63, 3.8) is 0 Å². The molecule has 0 spiro atoms. The van der Waals surface area contributed by atoms with E-state index in [9.17, 15) is 14.7 Å². The molecule has 6 nitrogen and oxygen atoms in total. The lowest BCUT2D eigenvalue weighted by atomic mass is 9.88. The van der Waals surface area contributed by atoms with E-state index < -0.39 is 0 Å². The van der Waals surface area contributed by atoms with Crippen LogP contribution in [0.2, 0.25) is 0 Å². The molecule has 0 saturated heterocycles. The summed E-state index contributed by atoms with van der Waals surface area (Å²) in [5.41, 5.74) is 5.21. The van der Waals surface area contributed by atoms with Gasteiger partial charge in [0.15, 0.2) is 0 Å². The monoisotopic (exact) mass is 572 g/mol. The number of amides is 1. The molecule has 1 atom stereocenters. The number of ether oxygens (including phenoxy) is 1. The van der Waals surface area contributed by atoms with E-state index in [1.165, 1.54) is 17.8 Å². The number of esters is 1. The van der Waals surface area contributed by atoms with Crippen molar-refractivity contribution in [1.82, 2.24) is 10.3 Å². The fraction of sp³-hybridized carbons (Fsp3) is 0.382. The van der Waals surface area contributed by atoms with Crippen LogP contribution in [0.15, 0.2) is 71.1 Å². The average Bonchev–Trinajstić information content (AvgIpc) is 3.43. The van der Waals surface area contributed by atoms with Crippen LogP contribution in [0.1, 0.15) is 86.3 Å². The van der Waals surface area contributed by atoms with Gasteiger partial charge in [-0.1, -0.05) is 61.7 Å². The summed E-state index contributed by atoms with van der Waals surface area (Å²) in [6.07, 6.45) is 10.2. The van der Waals surface area contributed by atoms with Gasteiger partial charge in [-0.05, 0) is 80.5 Å². The number of aromatic nitrogens is 1. The molecular formula is C34H40N2O4S. The van der Waals surface area contributed by atoms with E-state index in [0.717, 1.165) is 58.6 Å². The number of carbonyl (C=O) groups excluding carboxylic acids is 2. The number of nitrogens with zero attached hydrogens (tertiary/aromatic N) is 1. The molecule has 7 heteroatoms. The smallest absolute Gasteiger partial charge is 0.333 e. The highest BCUT2D eigenvalue weighted by Gasteiger charge is 2.26. The van der Waals surface area contributed by atoms with Crippen LogP contribution in [-0.2, 0) is 27.2 Å². The number of phenolic OH excluding ortho intramolecular Hbond substituents is 1. The summed E-state index contributed by atoms with van der Waals surface area (Å²) in [6, 6.07) is 15.5. The minimum atomic E-state index is -0.328. The first kappa shape index (κ1) is 30.3. The van der Waals surface area contributed by atoms with Crippen molar-refractivity contribution >= 4 is 29.3 Å². The first-order chi connectivity index (χ1) is 19.8. The third-order valence-corrected chi connectivity index (χ3v) is 8.35. The zero-order valence-electron chi connectivity index (χ0n) is 24.2. The number of thiazole rings is 1. The first-order valence-electron chi connectivity index (χ1n) is 14.5. The molecule has 1 saturated carbocycles. The maximum atomic E-state index is 13.3. The number of hydrogen-bond acceptors (Lipinski definition) is 6. The summed E-state index contributed by atoms with van der Waals surface area (Å²) in [6.45, 7) is 5.79. The van der Waals surface area contributed by atoms with Crippen LogP contribution in [0, 0.1) is 5.92 Å². The van der Waals surface area contributed by atoms with Crippen LogP contribution < -0.4 is 5.32 Å². The third-order valence-electron chi connectivity index (χ3n) is 7.37. The lowest BCUT2D eigenvalue weighted by molar-refractivity contribution is -0.138. The molecule has 1 aliphatic carbocycles. The van der Waals surface area contributed by atoms with Gasteiger partial charge in [0.25, 0.3) is 0 Å². The zero-order valence-corrected chi connectivity index (χ0v) is 25.0. The van der Waals surface area contributed by atoms with Crippen LogP contribution >= 0.6 is 11.3 Å². The molecule has 2 N–H and O–H groups in total. The second kappa shape index (κ2) is 14.8. The molecule has 1 aromatic heterocycles. The van der Waals surface area contributed by atoms with E-state index in [1.807, 2.05) is 48.7 Å². The minimum Gasteiger partial charge on any atom is -0.508 e. The van der Waals surface area contributed by atoms with E-state index in [1.54, 1.807) is 26.0 Å². The Balaban J connectivity index is 1.57. The standard InChI is InChI=1S/C34H40N2O4S/c1-4-40-34(39)24(3)17-23(2)18-29-22-41-33(35-29)30(36-32(38)27-13-9-6-10-14-27)21-26-15-16-31(37)28(20-26)19-25-11-7-5-8-12-25/h5,7-8,11-12,15-18,20,22,27,30,37H,4,6,9-10,13-14,19,21H2,1-3H3,(H,36,38)/t30-/m0/s1. The Morgan fingerprint density at radius 2 is 1.85 bits per heavy atom. The summed E-state index contributed by atoms with van der Waals surface area (Å²) in [5, 5.41) is 16.7. The zero-order chi connectivity index (χ0) is 29.2. The van der Waals surface area contributed by atoms with Crippen LogP contribution in [-0.4, -0.2) is 28.6 Å². The molecule has 0 bridgehead atoms. The topological polar surface area (TPSA) is 88.5 Å². The molecule has 216 valence electrons. The molecule has 1 aliphatic rings. The Hall–Kier alpha value is -3.71. The number of benzene rings is 2. The molecule has 1 amide bonds. The molecule has 0 radical (unpaired) electrons. The maximum Gasteiger partial charge on any atom is 0.333 e. The molecule has 2 aromatic carbocycles. The van der Waals surface area contributed by atoms with E-state index in [0.29, 0.717) is 25.0 Å². The Kier molecular flexibility index (Phi) is 10.9. The molecule has 1 heterocycles. The maximum absolute atomic E-state index is 13.3. The van der Waals surface area contributed by atoms with Gasteiger partial charge in [-0.15, -0.1) is 11.3 Å². The average molecular weight is 573 g/mol. The second-order valence-electron chi connectivity index (χ2n) is 10.8. The number of nitrogens with one attached hydrogen (secondary N) is 1. The number of carbonyl (C=O) groups is 2. The summed E-state index contributed by atoms with van der Waals surface area (Å²) < 4.78 is 5.08. The highest BCUT2D eigenvalue weighted by atomic mass is 32.1. The molecule has 1 fully saturated rings. The third kappa shape index (κ3) is 8.89. The fourth-order valence-electron chi connectivity index (χ4n) is 5.26. The van der Waals surface area contributed by atoms with E-state index in [-0.39, 0.29) is 29.6 Å². The Labute approximate surface area is 247 Å². The summed E-state index contributed by atoms with van der Waals surface area (Å²) >= 11 is 1.52. The van der Waals surface area contributed by atoms with Gasteiger partial charge in [-0.2, -0.15) is 0 Å². The summed E-state index contributed by atoms with van der Waals surface area (Å²) in [5.74, 6) is 0.0701. The Morgan fingerprint density at radius 3 is 2.59 bits per heavy atom. The molecule has 3 aromatic rings. The van der Waals surface area contributed by atoms with Crippen molar-refractivity contribution in [3.05, 3.63) is 98.5 Å². The predicted molar refractivity (Wildman–Crippen MR) is 165 cm³/mol. The van der Waals surface area contributed by atoms with Gasteiger partial charge >= 0.3 is 5.97 Å². The van der Waals surface area contributed by atoms with Crippen molar-refractivity contribution in [3.8, 4) is 5.75 Å². The summed E-state index contributed by atoms with van der Waals surface area (Å²) in [4.78, 5) is 30.2. The molecular weight excluding hydrogens is 532 g/mol. The Bertz CT molecular complexity index is 1390. The van der Waals surface area contributed by atoms with Crippen LogP contribution in [0.5, 0.6) is 5.75 Å². The number of hydrogen-bond donors (Lipinski definition) is 2. The van der Waals surface area contributed by atoms with Gasteiger partial charge in [0.05, 0.1) is 18.3 Å². The van der Waals surface area contributed by atoms with Crippen molar-refractivity contribution in [2.45, 2.75) is 71.8 Å². The first-order valence-corrected chi connectivity index (χ1v) is 15.3. The number of allylic oxidation sites excluding steroid dienone is 2. The lowest BCUT2D eigenvalue weighted by Gasteiger charge is -2.24. The van der Waals surface area contributed by atoms with Crippen LogP contribution in [0.4, 0.5) is 0 Å². The van der Waals surface area contributed by atoms with Gasteiger partial charge < -0.3 is 15.2 Å². The van der Waals surface area contributed by atoms with Crippen molar-refractivity contribution in [2.24, 2.45) is 5.92 Å². The highest BCUT2D eigenvalue weighted by Crippen LogP contribution is 2.29. The number of rotatable bonds is 11. The van der Waals surface area contributed by atoms with E-state index in [2.05, 4.69) is 17.4 Å². The van der Waals surface area contributed by atoms with Crippen molar-refractivity contribution in [2.75, 3.05) is 6.61 Å². The van der Waals surface area contributed by atoms with Gasteiger partial charge in [-0.25, -0.2) is 9.78 Å². The van der Waals surface area contributed by atoms with Gasteiger partial charge in [-0.3, -0.25) is 4.79 Å². The van der Waals surface area contributed by atoms with Gasteiger partial charge in [0, 0.05) is 23.3 Å². The van der Waals surface area contributed by atoms with Gasteiger partial charge in [0.1, 0.15) is 10.8 Å². The van der Waals surface area contributed by atoms with Crippen LogP contribution in [0.3, 0.4) is 0 Å². The minimum absolute atomic E-state index is 0.0391. The Morgan fingerprint density at radius 1 is 1.10 bits per heavy atom. The normalized spacial score (nSPS) is 15.4. The predicted octanol–water partition coefficient (Wildman–Crippen LogP) is 7.33. The fourth-order valence-corrected chi connectivity index (χ4v) is 6.09. The van der Waals surface area contributed by atoms with Crippen molar-refractivity contribution < 1.29 is 19.4 Å². The lowest BCUT2D eigenvalue weighted by Crippen LogP contribution is -2.35. The van der Waals surface area contributed by atoms with E-state index in [4.69, 9.17) is 9.72 Å². The molecule has 0 unspecified atom stereocenters. The van der Waals surface area contributed by atoms with Gasteiger partial charge in [0.2, 0.25) is 5.91 Å². The largest absolute Gasteiger partial charge is 0.508 e. The SMILES string of the molecule is CCOC(=O)C(C)=CC(C)=Cc1csc([C@H](Cc2ccc(O)c(Cc3ccccc3)c2)NC(=O)C2CCCCC2)n1. The van der Waals surface area contributed by atoms with Crippen LogP contribution in [0.25, 0.3) is 6.08 Å². The molecule has 0 aliphatic heterocycles.